The summed E-state index contributed by atoms with van der Waals surface area (Å²) in [5.41, 5.74) is 0.805. The van der Waals surface area contributed by atoms with Crippen LogP contribution in [0.25, 0.3) is 0 Å². The summed E-state index contributed by atoms with van der Waals surface area (Å²) in [7, 11) is 0. The molecule has 13 nitrogen and oxygen atoms in total. The molecular weight excluding hydrogens is 498 g/mol. The summed E-state index contributed by atoms with van der Waals surface area (Å²) in [4.78, 5) is 72.0. The van der Waals surface area contributed by atoms with E-state index in [0.717, 1.165) is 5.56 Å². The summed E-state index contributed by atoms with van der Waals surface area (Å²) < 4.78 is 5.06. The highest BCUT2D eigenvalue weighted by molar-refractivity contribution is 7.80. The molecule has 1 heterocycles. The van der Waals surface area contributed by atoms with E-state index in [9.17, 15) is 39.0 Å². The maximum Gasteiger partial charge on any atom is 0.407 e. The minimum absolute atomic E-state index is 0.0800. The maximum absolute atomic E-state index is 12.5. The van der Waals surface area contributed by atoms with Crippen LogP contribution in [0, 0.1) is 0 Å². The van der Waals surface area contributed by atoms with Crippen molar-refractivity contribution in [2.24, 2.45) is 0 Å². The Kier molecular flexibility index (Phi) is 10.3. The third-order valence-corrected chi connectivity index (χ3v) is 5.64. The summed E-state index contributed by atoms with van der Waals surface area (Å²) in [5, 5.41) is 29.8. The molecule has 0 bridgehead atoms. The number of hydrogen-bond acceptors (Lipinski definition) is 8. The largest absolute Gasteiger partial charge is 0.481 e. The first-order valence-corrected chi connectivity index (χ1v) is 11.3. The van der Waals surface area contributed by atoms with Crippen molar-refractivity contribution < 1.29 is 48.8 Å². The molecule has 0 spiro atoms. The fraction of sp³-hybridized carbons (Fsp3) is 0.409. The van der Waals surface area contributed by atoms with E-state index < -0.39 is 65.9 Å². The molecular formula is C22H25N3O10S. The van der Waals surface area contributed by atoms with Crippen molar-refractivity contribution in [2.75, 3.05) is 6.54 Å². The van der Waals surface area contributed by atoms with E-state index in [1.165, 1.54) is 0 Å². The molecule has 2 atom stereocenters. The number of nitrogens with zero attached hydrogens (tertiary/aromatic N) is 2. The van der Waals surface area contributed by atoms with E-state index in [1.54, 1.807) is 24.3 Å². The normalized spacial score (nSPS) is 14.9. The van der Waals surface area contributed by atoms with E-state index in [0.29, 0.717) is 16.2 Å². The van der Waals surface area contributed by atoms with E-state index in [2.05, 4.69) is 5.32 Å². The smallest absolute Gasteiger partial charge is 0.407 e. The average molecular weight is 524 g/mol. The number of carbonyl (C=O) groups is 6. The minimum atomic E-state index is -1.74. The van der Waals surface area contributed by atoms with E-state index >= 15 is 0 Å². The van der Waals surface area contributed by atoms with Crippen molar-refractivity contribution in [3.63, 3.8) is 0 Å². The number of thiocarbonyl (C=S) groups is 1. The number of aliphatic carboxylic acids is 3. The van der Waals surface area contributed by atoms with Gasteiger partial charge in [0.25, 0.3) is 0 Å². The topological polar surface area (TPSA) is 191 Å². The van der Waals surface area contributed by atoms with Gasteiger partial charge >= 0.3 is 35.8 Å². The second kappa shape index (κ2) is 13.1. The van der Waals surface area contributed by atoms with Gasteiger partial charge in [-0.05, 0) is 43.5 Å². The Balaban J connectivity index is 1.91. The van der Waals surface area contributed by atoms with Crippen LogP contribution in [0.4, 0.5) is 4.79 Å². The highest BCUT2D eigenvalue weighted by Crippen LogP contribution is 2.24. The number of unbranched alkanes of at least 4 members (excludes halogenated alkanes) is 1. The predicted octanol–water partition coefficient (Wildman–Crippen LogP) is 0.810. The third-order valence-electron chi connectivity index (χ3n) is 5.24. The number of amides is 3. The molecule has 3 amide bonds. The highest BCUT2D eigenvalue weighted by atomic mass is 32.1. The van der Waals surface area contributed by atoms with Gasteiger partial charge in [-0.2, -0.15) is 0 Å². The number of carboxylic acids is 3. The molecule has 0 radical (unpaired) electrons. The van der Waals surface area contributed by atoms with Crippen LogP contribution in [0.3, 0.4) is 0 Å². The van der Waals surface area contributed by atoms with Gasteiger partial charge in [0.2, 0.25) is 0 Å². The first kappa shape index (κ1) is 28.2. The standard InChI is InChI=1S/C22H25N3O10S/c26-16(27)10-9-15(20(32)33)25-18(29)17(28)24(22(25)36)14(19(30)31)8-4-5-11-23-21(34)35-12-13-6-2-1-3-7-13/h1-3,6-7,14-15H,4-5,8-12H2,(H,23,34)(H,26,27)(H,30,31)(H,32,33)/t14-,15?/m0/s1. The molecule has 1 unspecified atom stereocenters. The van der Waals surface area contributed by atoms with Crippen molar-refractivity contribution in [1.29, 1.82) is 0 Å². The zero-order chi connectivity index (χ0) is 26.8. The maximum atomic E-state index is 12.5. The highest BCUT2D eigenvalue weighted by Gasteiger charge is 2.50. The first-order valence-electron chi connectivity index (χ1n) is 10.9. The van der Waals surface area contributed by atoms with Crippen molar-refractivity contribution in [3.05, 3.63) is 35.9 Å². The second-order valence-electron chi connectivity index (χ2n) is 7.76. The molecule has 1 aliphatic heterocycles. The second-order valence-corrected chi connectivity index (χ2v) is 8.12. The number of nitrogens with one attached hydrogen (secondary N) is 1. The van der Waals surface area contributed by atoms with Gasteiger partial charge in [0, 0.05) is 13.0 Å². The van der Waals surface area contributed by atoms with Crippen molar-refractivity contribution in [2.45, 2.75) is 50.8 Å². The van der Waals surface area contributed by atoms with Crippen LogP contribution in [0.5, 0.6) is 0 Å². The molecule has 194 valence electrons. The Hall–Kier alpha value is -4.07. The number of ether oxygens (including phenoxy) is 1. The number of benzene rings is 1. The molecule has 0 aliphatic carbocycles. The molecule has 0 aromatic heterocycles. The monoisotopic (exact) mass is 523 g/mol. The Morgan fingerprint density at radius 2 is 1.44 bits per heavy atom. The summed E-state index contributed by atoms with van der Waals surface area (Å²) in [5.74, 6) is -7.02. The van der Waals surface area contributed by atoms with Crippen LogP contribution in [0.2, 0.25) is 0 Å². The van der Waals surface area contributed by atoms with Gasteiger partial charge in [-0.1, -0.05) is 30.3 Å². The Morgan fingerprint density at radius 1 is 0.889 bits per heavy atom. The molecule has 1 saturated heterocycles. The lowest BCUT2D eigenvalue weighted by Gasteiger charge is -2.27. The molecule has 1 aromatic carbocycles. The Labute approximate surface area is 210 Å². The lowest BCUT2D eigenvalue weighted by atomic mass is 10.1. The van der Waals surface area contributed by atoms with Gasteiger partial charge in [0.15, 0.2) is 5.11 Å². The van der Waals surface area contributed by atoms with E-state index in [1.807, 2.05) is 6.07 Å². The third kappa shape index (κ3) is 7.46. The zero-order valence-corrected chi connectivity index (χ0v) is 19.8. The van der Waals surface area contributed by atoms with E-state index in [4.69, 9.17) is 22.1 Å². The van der Waals surface area contributed by atoms with Crippen molar-refractivity contribution in [3.8, 4) is 0 Å². The molecule has 1 fully saturated rings. The average Bonchev–Trinajstić information content (AvgIpc) is 3.03. The molecule has 1 aliphatic rings. The van der Waals surface area contributed by atoms with Crippen molar-refractivity contribution >= 4 is 53.1 Å². The first-order chi connectivity index (χ1) is 17.0. The quantitative estimate of drug-likeness (QED) is 0.153. The zero-order valence-electron chi connectivity index (χ0n) is 19.0. The Bertz CT molecular complexity index is 1030. The van der Waals surface area contributed by atoms with Crippen LogP contribution in [0.15, 0.2) is 30.3 Å². The number of carboxylic acid groups (broad SMARTS) is 3. The summed E-state index contributed by atoms with van der Waals surface area (Å²) in [6, 6.07) is 5.72. The summed E-state index contributed by atoms with van der Waals surface area (Å²) in [6.07, 6.45) is -1.42. The van der Waals surface area contributed by atoms with Crippen LogP contribution in [-0.4, -0.2) is 84.7 Å². The lowest BCUT2D eigenvalue weighted by molar-refractivity contribution is -0.152. The van der Waals surface area contributed by atoms with Gasteiger partial charge in [-0.15, -0.1) is 0 Å². The van der Waals surface area contributed by atoms with Crippen LogP contribution in [-0.2, 0) is 35.3 Å². The van der Waals surface area contributed by atoms with Gasteiger partial charge in [0.05, 0.1) is 0 Å². The number of rotatable bonds is 14. The summed E-state index contributed by atoms with van der Waals surface area (Å²) in [6.45, 7) is 0.232. The fourth-order valence-corrected chi connectivity index (χ4v) is 3.88. The number of carbonyl (C=O) groups excluding carboxylic acids is 3. The molecule has 0 saturated carbocycles. The van der Waals surface area contributed by atoms with Crippen LogP contribution in [0.1, 0.15) is 37.7 Å². The van der Waals surface area contributed by atoms with Crippen LogP contribution < -0.4 is 5.32 Å². The SMILES string of the molecule is O=C(O)CCC(C(=O)O)N1C(=O)C(=O)N([C@@H](CCCCNC(=O)OCc2ccccc2)C(=O)O)C1=S. The van der Waals surface area contributed by atoms with Crippen molar-refractivity contribution in [1.82, 2.24) is 15.1 Å². The van der Waals surface area contributed by atoms with Gasteiger partial charge in [-0.3, -0.25) is 24.2 Å². The predicted molar refractivity (Wildman–Crippen MR) is 124 cm³/mol. The molecule has 2 rings (SSSR count). The van der Waals surface area contributed by atoms with E-state index in [-0.39, 0.29) is 26.0 Å². The van der Waals surface area contributed by atoms with Gasteiger partial charge in [-0.25, -0.2) is 14.4 Å². The molecule has 36 heavy (non-hydrogen) atoms. The van der Waals surface area contributed by atoms with Gasteiger partial charge < -0.3 is 25.4 Å². The number of alkyl carbamates (subject to hydrolysis) is 1. The van der Waals surface area contributed by atoms with Gasteiger partial charge in [0.1, 0.15) is 18.7 Å². The molecule has 4 N–H and O–H groups in total. The van der Waals surface area contributed by atoms with Crippen LogP contribution >= 0.6 is 12.2 Å². The summed E-state index contributed by atoms with van der Waals surface area (Å²) >= 11 is 5.05. The lowest BCUT2D eigenvalue weighted by Crippen LogP contribution is -2.49. The Morgan fingerprint density at radius 3 is 1.97 bits per heavy atom. The fourth-order valence-electron chi connectivity index (χ4n) is 3.46. The number of hydrogen-bond donors (Lipinski definition) is 4. The molecule has 14 heteroatoms. The minimum Gasteiger partial charge on any atom is -0.481 e. The molecule has 1 aromatic rings.